The van der Waals surface area contributed by atoms with Crippen molar-refractivity contribution in [3.05, 3.63) is 64.9 Å². The van der Waals surface area contributed by atoms with E-state index in [0.29, 0.717) is 22.2 Å². The number of nitrogens with one attached hydrogen (secondary N) is 2. The van der Waals surface area contributed by atoms with Crippen LogP contribution in [0.4, 0.5) is 21.6 Å². The van der Waals surface area contributed by atoms with Crippen LogP contribution in [-0.4, -0.2) is 35.5 Å². The zero-order valence-electron chi connectivity index (χ0n) is 20.1. The largest absolute Gasteiger partial charge is 0.481 e. The van der Waals surface area contributed by atoms with E-state index in [9.17, 15) is 14.3 Å². The zero-order valence-corrected chi connectivity index (χ0v) is 20.9. The van der Waals surface area contributed by atoms with Gasteiger partial charge in [-0.15, -0.1) is 0 Å². The summed E-state index contributed by atoms with van der Waals surface area (Å²) in [6.45, 7) is 5.08. The summed E-state index contributed by atoms with van der Waals surface area (Å²) < 4.78 is 20.5. The predicted octanol–water partition coefficient (Wildman–Crippen LogP) is 6.09. The number of hydrogen-bond acceptors (Lipinski definition) is 6. The normalized spacial score (nSPS) is 17.2. The lowest BCUT2D eigenvalue weighted by atomic mass is 9.84. The first-order valence-electron chi connectivity index (χ1n) is 12.0. The number of ether oxygens (including phenoxy) is 1. The number of carbonyl (C=O) groups is 1. The van der Waals surface area contributed by atoms with Gasteiger partial charge in [-0.25, -0.2) is 9.37 Å². The number of anilines is 3. The first-order valence-corrected chi connectivity index (χ1v) is 12.4. The number of benzene rings is 2. The standard InChI is InChI=1S/C27H28ClFN4O3/c1-27(2,25(34)35)19-11-10-18(14-21(19)29)36-26-30-22-15-20(28)23(31-24(22)32-26)16-6-8-17(9-7-16)33-12-4-3-5-13-33/h6-11,14-15,26,30H,3-5,12-13H2,1-2H3,(H,31,32)(H,34,35). The maximum Gasteiger partial charge on any atom is 0.313 e. The highest BCUT2D eigenvalue weighted by Crippen LogP contribution is 2.37. The van der Waals surface area contributed by atoms with Crippen LogP contribution in [0.2, 0.25) is 5.02 Å². The molecule has 1 atom stereocenters. The Hall–Kier alpha value is -3.52. The Labute approximate surface area is 214 Å². The van der Waals surface area contributed by atoms with Crippen molar-refractivity contribution in [2.24, 2.45) is 0 Å². The van der Waals surface area contributed by atoms with E-state index in [2.05, 4.69) is 27.7 Å². The van der Waals surface area contributed by atoms with Crippen LogP contribution < -0.4 is 20.3 Å². The second-order valence-corrected chi connectivity index (χ2v) is 10.1. The van der Waals surface area contributed by atoms with Crippen LogP contribution in [0.1, 0.15) is 38.7 Å². The van der Waals surface area contributed by atoms with Gasteiger partial charge in [-0.3, -0.25) is 4.79 Å². The Balaban J connectivity index is 1.30. The quantitative estimate of drug-likeness (QED) is 0.369. The highest BCUT2D eigenvalue weighted by atomic mass is 35.5. The maximum absolute atomic E-state index is 14.7. The van der Waals surface area contributed by atoms with E-state index in [4.69, 9.17) is 21.3 Å². The number of halogens is 2. The summed E-state index contributed by atoms with van der Waals surface area (Å²) in [6, 6.07) is 14.2. The second kappa shape index (κ2) is 9.50. The van der Waals surface area contributed by atoms with E-state index in [0.717, 1.165) is 18.7 Å². The lowest BCUT2D eigenvalue weighted by Crippen LogP contribution is -2.30. The van der Waals surface area contributed by atoms with E-state index < -0.39 is 23.6 Å². The topological polar surface area (TPSA) is 86.7 Å². The van der Waals surface area contributed by atoms with Gasteiger partial charge in [0.25, 0.3) is 0 Å². The summed E-state index contributed by atoms with van der Waals surface area (Å²) in [5.41, 5.74) is 2.17. The van der Waals surface area contributed by atoms with Gasteiger partial charge in [-0.2, -0.15) is 0 Å². The van der Waals surface area contributed by atoms with E-state index in [-0.39, 0.29) is 11.3 Å². The van der Waals surface area contributed by atoms with Crippen molar-refractivity contribution in [2.75, 3.05) is 28.6 Å². The average molecular weight is 511 g/mol. The lowest BCUT2D eigenvalue weighted by Gasteiger charge is -2.28. The molecule has 0 radical (unpaired) electrons. The van der Waals surface area contributed by atoms with Crippen molar-refractivity contribution in [2.45, 2.75) is 44.9 Å². The van der Waals surface area contributed by atoms with Gasteiger partial charge in [-0.1, -0.05) is 29.8 Å². The molecule has 1 unspecified atom stereocenters. The number of hydrogen-bond donors (Lipinski definition) is 3. The van der Waals surface area contributed by atoms with Crippen molar-refractivity contribution in [1.29, 1.82) is 0 Å². The van der Waals surface area contributed by atoms with Crippen LogP contribution in [0, 0.1) is 5.82 Å². The van der Waals surface area contributed by atoms with Gasteiger partial charge in [0.15, 0.2) is 5.82 Å². The van der Waals surface area contributed by atoms with Crippen LogP contribution in [0.3, 0.4) is 0 Å². The number of carboxylic acids is 1. The summed E-state index contributed by atoms with van der Waals surface area (Å²) in [5, 5.41) is 16.2. The molecule has 1 saturated heterocycles. The van der Waals surface area contributed by atoms with Gasteiger partial charge >= 0.3 is 5.97 Å². The van der Waals surface area contributed by atoms with E-state index >= 15 is 0 Å². The first kappa shape index (κ1) is 24.2. The number of nitrogens with zero attached hydrogens (tertiary/aromatic N) is 2. The second-order valence-electron chi connectivity index (χ2n) is 9.67. The monoisotopic (exact) mass is 510 g/mol. The summed E-state index contributed by atoms with van der Waals surface area (Å²) in [4.78, 5) is 18.6. The fourth-order valence-corrected chi connectivity index (χ4v) is 4.84. The molecule has 188 valence electrons. The van der Waals surface area contributed by atoms with Crippen molar-refractivity contribution < 1.29 is 19.0 Å². The third-order valence-electron chi connectivity index (χ3n) is 6.79. The Bertz CT molecular complexity index is 1290. The Morgan fingerprint density at radius 1 is 1.11 bits per heavy atom. The summed E-state index contributed by atoms with van der Waals surface area (Å²) in [7, 11) is 0. The molecule has 1 aromatic heterocycles. The lowest BCUT2D eigenvalue weighted by molar-refractivity contribution is -0.142. The number of aliphatic carboxylic acids is 1. The average Bonchev–Trinajstić information content (AvgIpc) is 3.24. The number of aromatic nitrogens is 1. The van der Waals surface area contributed by atoms with Crippen LogP contribution in [0.15, 0.2) is 48.5 Å². The molecule has 0 bridgehead atoms. The zero-order chi connectivity index (χ0) is 25.4. The number of rotatable bonds is 6. The highest BCUT2D eigenvalue weighted by molar-refractivity contribution is 6.33. The molecule has 3 heterocycles. The molecule has 2 aromatic carbocycles. The van der Waals surface area contributed by atoms with Crippen LogP contribution in [-0.2, 0) is 10.2 Å². The molecule has 3 N–H and O–H groups in total. The third-order valence-corrected chi connectivity index (χ3v) is 7.08. The van der Waals surface area contributed by atoms with Crippen molar-refractivity contribution in [1.82, 2.24) is 4.98 Å². The molecule has 2 aliphatic heterocycles. The van der Waals surface area contributed by atoms with Crippen LogP contribution in [0.5, 0.6) is 5.75 Å². The summed E-state index contributed by atoms with van der Waals surface area (Å²) in [6.07, 6.45) is 3.04. The molecule has 9 heteroatoms. The molecule has 7 nitrogen and oxygen atoms in total. The SMILES string of the molecule is CC(C)(C(=O)O)c1ccc(OC2Nc3cc(Cl)c(-c4ccc(N5CCCCC5)cc4)nc3N2)cc1F. The van der Waals surface area contributed by atoms with E-state index in [1.165, 1.54) is 50.9 Å². The molecule has 1 fully saturated rings. The Kier molecular flexibility index (Phi) is 6.38. The molecular formula is C27H28ClFN4O3. The Morgan fingerprint density at radius 3 is 2.50 bits per heavy atom. The van der Waals surface area contributed by atoms with Crippen molar-refractivity contribution >= 4 is 34.8 Å². The molecule has 0 saturated carbocycles. The Morgan fingerprint density at radius 2 is 1.83 bits per heavy atom. The predicted molar refractivity (Wildman–Crippen MR) is 139 cm³/mol. The van der Waals surface area contributed by atoms with Gasteiger partial charge in [0.1, 0.15) is 11.6 Å². The number of fused-ring (bicyclic) bond motifs is 1. The van der Waals surface area contributed by atoms with Gasteiger partial charge in [-0.05, 0) is 57.4 Å². The highest BCUT2D eigenvalue weighted by Gasteiger charge is 2.33. The van der Waals surface area contributed by atoms with Crippen LogP contribution >= 0.6 is 11.6 Å². The van der Waals surface area contributed by atoms with E-state index in [1.54, 1.807) is 12.1 Å². The van der Waals surface area contributed by atoms with Gasteiger partial charge < -0.3 is 25.4 Å². The van der Waals surface area contributed by atoms with Crippen molar-refractivity contribution in [3.8, 4) is 17.0 Å². The maximum atomic E-state index is 14.7. The number of pyridine rings is 1. The van der Waals surface area contributed by atoms with Gasteiger partial charge in [0, 0.05) is 36.0 Å². The molecule has 0 aliphatic carbocycles. The fourth-order valence-electron chi connectivity index (χ4n) is 4.58. The molecule has 2 aliphatic rings. The third kappa shape index (κ3) is 4.65. The van der Waals surface area contributed by atoms with Crippen molar-refractivity contribution in [3.63, 3.8) is 0 Å². The van der Waals surface area contributed by atoms with Crippen LogP contribution in [0.25, 0.3) is 11.3 Å². The molecule has 0 spiro atoms. The fraction of sp³-hybridized carbons (Fsp3) is 0.333. The first-order chi connectivity index (χ1) is 17.2. The minimum Gasteiger partial charge on any atom is -0.481 e. The minimum atomic E-state index is -1.36. The molecule has 0 amide bonds. The van der Waals surface area contributed by atoms with E-state index in [1.807, 2.05) is 12.1 Å². The smallest absolute Gasteiger partial charge is 0.313 e. The van der Waals surface area contributed by atoms with Gasteiger partial charge in [0.05, 0.1) is 21.8 Å². The number of carboxylic acid groups (broad SMARTS) is 1. The number of piperidine rings is 1. The molecular weight excluding hydrogens is 483 g/mol. The summed E-state index contributed by atoms with van der Waals surface area (Å²) >= 11 is 6.57. The molecule has 5 rings (SSSR count). The molecule has 36 heavy (non-hydrogen) atoms. The van der Waals surface area contributed by atoms with Gasteiger partial charge in [0.2, 0.25) is 6.35 Å². The summed E-state index contributed by atoms with van der Waals surface area (Å²) in [5.74, 6) is -0.935. The molecule has 3 aromatic rings. The minimum absolute atomic E-state index is 0.0855.